The maximum absolute atomic E-state index is 5.67. The zero-order valence-corrected chi connectivity index (χ0v) is 10.4. The van der Waals surface area contributed by atoms with Gasteiger partial charge in [-0.3, -0.25) is 0 Å². The van der Waals surface area contributed by atoms with Crippen molar-refractivity contribution in [2.75, 3.05) is 17.7 Å². The summed E-state index contributed by atoms with van der Waals surface area (Å²) < 4.78 is 0. The lowest BCUT2D eigenvalue weighted by molar-refractivity contribution is 0.934. The van der Waals surface area contributed by atoms with Crippen LogP contribution in [0, 0.1) is 6.92 Å². The van der Waals surface area contributed by atoms with E-state index >= 15 is 0 Å². The van der Waals surface area contributed by atoms with Crippen LogP contribution in [-0.4, -0.2) is 7.05 Å². The summed E-state index contributed by atoms with van der Waals surface area (Å²) in [4.78, 5) is 3.65. The molecule has 0 atom stereocenters. The van der Waals surface area contributed by atoms with Crippen molar-refractivity contribution in [2.45, 2.75) is 13.5 Å². The Morgan fingerprint density at radius 1 is 1.19 bits per heavy atom. The second-order valence-electron chi connectivity index (χ2n) is 3.97. The van der Waals surface area contributed by atoms with Gasteiger partial charge in [0.05, 0.1) is 6.54 Å². The highest BCUT2D eigenvalue weighted by Crippen LogP contribution is 2.21. The SMILES string of the molecule is Cc1ccsc1CN(C)c1ccc(N)cc1. The highest BCUT2D eigenvalue weighted by atomic mass is 32.1. The van der Waals surface area contributed by atoms with Gasteiger partial charge in [0.2, 0.25) is 0 Å². The molecule has 0 saturated carbocycles. The van der Waals surface area contributed by atoms with Gasteiger partial charge in [0.1, 0.15) is 0 Å². The molecule has 2 rings (SSSR count). The van der Waals surface area contributed by atoms with Gasteiger partial charge in [0, 0.05) is 23.3 Å². The fraction of sp³-hybridized carbons (Fsp3) is 0.231. The highest BCUT2D eigenvalue weighted by molar-refractivity contribution is 7.10. The lowest BCUT2D eigenvalue weighted by Crippen LogP contribution is -2.15. The summed E-state index contributed by atoms with van der Waals surface area (Å²) in [5, 5.41) is 2.14. The predicted octanol–water partition coefficient (Wildman–Crippen LogP) is 3.28. The summed E-state index contributed by atoms with van der Waals surface area (Å²) in [5.74, 6) is 0. The topological polar surface area (TPSA) is 29.3 Å². The average molecular weight is 232 g/mol. The first-order valence-electron chi connectivity index (χ1n) is 5.26. The molecule has 3 heteroatoms. The molecule has 0 aliphatic carbocycles. The Bertz CT molecular complexity index is 459. The van der Waals surface area contributed by atoms with E-state index in [1.165, 1.54) is 16.1 Å². The molecule has 0 aliphatic rings. The molecule has 1 aromatic heterocycles. The lowest BCUT2D eigenvalue weighted by Gasteiger charge is -2.19. The van der Waals surface area contributed by atoms with E-state index in [-0.39, 0.29) is 0 Å². The van der Waals surface area contributed by atoms with E-state index in [0.717, 1.165) is 12.2 Å². The van der Waals surface area contributed by atoms with Gasteiger partial charge in [-0.05, 0) is 48.2 Å². The Morgan fingerprint density at radius 3 is 2.44 bits per heavy atom. The van der Waals surface area contributed by atoms with Gasteiger partial charge < -0.3 is 10.6 Å². The monoisotopic (exact) mass is 232 g/mol. The lowest BCUT2D eigenvalue weighted by atomic mass is 10.2. The predicted molar refractivity (Wildman–Crippen MR) is 72.0 cm³/mol. The molecular formula is C13H16N2S. The van der Waals surface area contributed by atoms with Crippen LogP contribution in [0.3, 0.4) is 0 Å². The van der Waals surface area contributed by atoms with Crippen LogP contribution in [0.2, 0.25) is 0 Å². The smallest absolute Gasteiger partial charge is 0.0522 e. The van der Waals surface area contributed by atoms with Gasteiger partial charge in [-0.15, -0.1) is 11.3 Å². The van der Waals surface area contributed by atoms with E-state index in [1.54, 1.807) is 0 Å². The number of nitrogen functional groups attached to an aromatic ring is 1. The first-order valence-corrected chi connectivity index (χ1v) is 6.14. The second-order valence-corrected chi connectivity index (χ2v) is 4.98. The van der Waals surface area contributed by atoms with Crippen LogP contribution in [0.1, 0.15) is 10.4 Å². The third kappa shape index (κ3) is 2.36. The Labute approximate surface area is 100 Å². The van der Waals surface area contributed by atoms with Gasteiger partial charge in [-0.1, -0.05) is 0 Å². The normalized spacial score (nSPS) is 10.4. The Kier molecular flexibility index (Phi) is 3.15. The summed E-state index contributed by atoms with van der Waals surface area (Å²) in [6.07, 6.45) is 0. The van der Waals surface area contributed by atoms with Crippen LogP contribution in [-0.2, 0) is 6.54 Å². The van der Waals surface area contributed by atoms with Crippen LogP contribution in [0.4, 0.5) is 11.4 Å². The molecular weight excluding hydrogens is 216 g/mol. The van der Waals surface area contributed by atoms with Crippen molar-refractivity contribution in [3.05, 3.63) is 46.2 Å². The zero-order chi connectivity index (χ0) is 11.5. The maximum Gasteiger partial charge on any atom is 0.0522 e. The molecule has 0 radical (unpaired) electrons. The van der Waals surface area contributed by atoms with E-state index in [2.05, 4.69) is 42.5 Å². The van der Waals surface area contributed by atoms with Crippen molar-refractivity contribution in [3.8, 4) is 0 Å². The molecule has 0 fully saturated rings. The van der Waals surface area contributed by atoms with E-state index in [9.17, 15) is 0 Å². The van der Waals surface area contributed by atoms with E-state index in [0.29, 0.717) is 0 Å². The molecule has 16 heavy (non-hydrogen) atoms. The van der Waals surface area contributed by atoms with E-state index in [4.69, 9.17) is 5.73 Å². The molecule has 0 aliphatic heterocycles. The number of nitrogens with zero attached hydrogens (tertiary/aromatic N) is 1. The fourth-order valence-electron chi connectivity index (χ4n) is 1.60. The quantitative estimate of drug-likeness (QED) is 0.823. The van der Waals surface area contributed by atoms with Gasteiger partial charge in [0.15, 0.2) is 0 Å². The minimum Gasteiger partial charge on any atom is -0.399 e. The van der Waals surface area contributed by atoms with Crippen LogP contribution in [0.15, 0.2) is 35.7 Å². The molecule has 2 N–H and O–H groups in total. The second kappa shape index (κ2) is 4.58. The first-order chi connectivity index (χ1) is 7.66. The number of rotatable bonds is 3. The van der Waals surface area contributed by atoms with Crippen molar-refractivity contribution >= 4 is 22.7 Å². The van der Waals surface area contributed by atoms with Crippen LogP contribution >= 0.6 is 11.3 Å². The number of hydrogen-bond donors (Lipinski definition) is 1. The summed E-state index contributed by atoms with van der Waals surface area (Å²) in [5.41, 5.74) is 9.04. The largest absolute Gasteiger partial charge is 0.399 e. The molecule has 0 unspecified atom stereocenters. The standard InChI is InChI=1S/C13H16N2S/c1-10-7-8-16-13(10)9-15(2)12-5-3-11(14)4-6-12/h3-8H,9,14H2,1-2H3. The van der Waals surface area contributed by atoms with E-state index < -0.39 is 0 Å². The third-order valence-electron chi connectivity index (χ3n) is 2.68. The number of nitrogens with two attached hydrogens (primary N) is 1. The summed E-state index contributed by atoms with van der Waals surface area (Å²) in [7, 11) is 2.10. The molecule has 0 saturated heterocycles. The van der Waals surface area contributed by atoms with Crippen molar-refractivity contribution in [1.29, 1.82) is 0 Å². The third-order valence-corrected chi connectivity index (χ3v) is 3.69. The number of aryl methyl sites for hydroxylation is 1. The van der Waals surface area contributed by atoms with Gasteiger partial charge in [0.25, 0.3) is 0 Å². The molecule has 84 valence electrons. The Morgan fingerprint density at radius 2 is 1.88 bits per heavy atom. The number of hydrogen-bond acceptors (Lipinski definition) is 3. The maximum atomic E-state index is 5.67. The van der Waals surface area contributed by atoms with Crippen LogP contribution < -0.4 is 10.6 Å². The van der Waals surface area contributed by atoms with Crippen molar-refractivity contribution in [1.82, 2.24) is 0 Å². The molecule has 0 spiro atoms. The number of thiophene rings is 1. The van der Waals surface area contributed by atoms with Gasteiger partial charge in [-0.2, -0.15) is 0 Å². The summed E-state index contributed by atoms with van der Waals surface area (Å²) in [6, 6.07) is 10.1. The molecule has 1 aromatic carbocycles. The first kappa shape index (κ1) is 11.0. The highest BCUT2D eigenvalue weighted by Gasteiger charge is 2.05. The van der Waals surface area contributed by atoms with Crippen LogP contribution in [0.25, 0.3) is 0 Å². The Hall–Kier alpha value is -1.48. The van der Waals surface area contributed by atoms with Crippen molar-refractivity contribution in [3.63, 3.8) is 0 Å². The van der Waals surface area contributed by atoms with Crippen LogP contribution in [0.5, 0.6) is 0 Å². The zero-order valence-electron chi connectivity index (χ0n) is 9.60. The molecule has 0 bridgehead atoms. The van der Waals surface area contributed by atoms with Crippen molar-refractivity contribution < 1.29 is 0 Å². The summed E-state index contributed by atoms with van der Waals surface area (Å²) in [6.45, 7) is 3.11. The van der Waals surface area contributed by atoms with Gasteiger partial charge in [-0.25, -0.2) is 0 Å². The molecule has 2 aromatic rings. The summed E-state index contributed by atoms with van der Waals surface area (Å²) >= 11 is 1.81. The molecule has 1 heterocycles. The molecule has 2 nitrogen and oxygen atoms in total. The number of anilines is 2. The minimum atomic E-state index is 0.810. The number of benzene rings is 1. The minimum absolute atomic E-state index is 0.810. The van der Waals surface area contributed by atoms with Crippen molar-refractivity contribution in [2.24, 2.45) is 0 Å². The molecule has 0 amide bonds. The fourth-order valence-corrected chi connectivity index (χ4v) is 2.56. The average Bonchev–Trinajstić information content (AvgIpc) is 2.65. The Balaban J connectivity index is 2.11. The van der Waals surface area contributed by atoms with E-state index in [1.807, 2.05) is 23.5 Å². The van der Waals surface area contributed by atoms with Gasteiger partial charge >= 0.3 is 0 Å².